The van der Waals surface area contributed by atoms with Crippen LogP contribution in [0.3, 0.4) is 0 Å². The maximum Gasteiger partial charge on any atom is 0.397 e. The number of anilines is 1. The van der Waals surface area contributed by atoms with Crippen LogP contribution in [0.2, 0.25) is 0 Å². The van der Waals surface area contributed by atoms with E-state index in [0.717, 1.165) is 17.1 Å². The lowest BCUT2D eigenvalue weighted by Gasteiger charge is -2.34. The van der Waals surface area contributed by atoms with Gasteiger partial charge in [-0.2, -0.15) is 0 Å². The van der Waals surface area contributed by atoms with Gasteiger partial charge in [-0.15, -0.1) is 0 Å². The molecule has 0 spiro atoms. The average Bonchev–Trinajstić information content (AvgIpc) is 3.03. The number of para-hydroxylation sites is 1. The van der Waals surface area contributed by atoms with E-state index in [4.69, 9.17) is 5.73 Å². The van der Waals surface area contributed by atoms with Crippen LogP contribution < -0.4 is 10.6 Å². The van der Waals surface area contributed by atoms with Crippen LogP contribution in [0.4, 0.5) is 10.5 Å². The molecule has 3 heterocycles. The number of primary amides is 1. The van der Waals surface area contributed by atoms with E-state index < -0.39 is 30.4 Å². The van der Waals surface area contributed by atoms with Crippen LogP contribution in [0, 0.1) is 5.92 Å². The first-order valence-electron chi connectivity index (χ1n) is 8.80. The van der Waals surface area contributed by atoms with Crippen molar-refractivity contribution in [1.29, 1.82) is 0 Å². The van der Waals surface area contributed by atoms with Crippen molar-refractivity contribution < 1.29 is 19.0 Å². The summed E-state index contributed by atoms with van der Waals surface area (Å²) in [5.41, 5.74) is 6.20. The number of hydrogen-bond donors (Lipinski definition) is 1. The molecule has 9 nitrogen and oxygen atoms in total. The fraction of sp³-hybridized carbons (Fsp3) is 0.389. The number of hydrogen-bond acceptors (Lipinski definition) is 5. The van der Waals surface area contributed by atoms with Crippen molar-refractivity contribution in [3.63, 3.8) is 0 Å². The van der Waals surface area contributed by atoms with E-state index in [1.165, 1.54) is 4.90 Å². The summed E-state index contributed by atoms with van der Waals surface area (Å²) in [5.74, 6) is 0.117. The standard InChI is InChI=1S/C18H20N6O3/c1-11-8-22(12-6-4-3-5-7-12)17-20-15-14(23(17)9-11)16(26)24(10-13(19)25)18(27)21(15)2/h3-7,11,14H,8-10H2,1-2H3,(H-,19,25)/p+1. The molecule has 2 unspecified atom stereocenters. The van der Waals surface area contributed by atoms with Gasteiger partial charge in [0, 0.05) is 13.0 Å². The lowest BCUT2D eigenvalue weighted by Crippen LogP contribution is -2.64. The van der Waals surface area contributed by atoms with Gasteiger partial charge >= 0.3 is 12.0 Å². The molecule has 1 aromatic rings. The van der Waals surface area contributed by atoms with Gasteiger partial charge in [0.2, 0.25) is 17.8 Å². The zero-order chi connectivity index (χ0) is 19.3. The zero-order valence-corrected chi connectivity index (χ0v) is 15.2. The number of likely N-dealkylation sites (N-methyl/N-ethyl adjacent to an activating group) is 1. The number of aliphatic imine (C=N–C) groups is 1. The topological polar surface area (TPSA) is 102 Å². The van der Waals surface area contributed by atoms with Crippen LogP contribution >= 0.6 is 0 Å². The second kappa shape index (κ2) is 6.19. The largest absolute Gasteiger partial charge is 0.397 e. The van der Waals surface area contributed by atoms with Crippen LogP contribution in [-0.4, -0.2) is 76.7 Å². The molecular weight excluding hydrogens is 348 g/mol. The van der Waals surface area contributed by atoms with E-state index in [9.17, 15) is 14.4 Å². The molecular formula is C18H21N6O3+. The molecule has 2 N–H and O–H groups in total. The summed E-state index contributed by atoms with van der Waals surface area (Å²) in [6, 6.07) is 8.50. The van der Waals surface area contributed by atoms with E-state index in [2.05, 4.69) is 16.8 Å². The molecule has 0 saturated carbocycles. The predicted molar refractivity (Wildman–Crippen MR) is 98.4 cm³/mol. The lowest BCUT2D eigenvalue weighted by molar-refractivity contribution is -0.545. The Morgan fingerprint density at radius 3 is 2.67 bits per heavy atom. The highest BCUT2D eigenvalue weighted by Crippen LogP contribution is 2.27. The van der Waals surface area contributed by atoms with Gasteiger partial charge in [0.05, 0.1) is 13.1 Å². The van der Waals surface area contributed by atoms with Gasteiger partial charge < -0.3 is 5.73 Å². The molecule has 3 aliphatic heterocycles. The van der Waals surface area contributed by atoms with Gasteiger partial charge in [-0.25, -0.2) is 14.3 Å². The third kappa shape index (κ3) is 2.66. The molecule has 0 aliphatic carbocycles. The molecule has 1 fully saturated rings. The fourth-order valence-electron chi connectivity index (χ4n) is 3.83. The van der Waals surface area contributed by atoms with Crippen molar-refractivity contribution >= 4 is 35.3 Å². The van der Waals surface area contributed by atoms with Crippen molar-refractivity contribution in [3.8, 4) is 0 Å². The number of carbonyl (C=O) groups is 3. The second-order valence-electron chi connectivity index (χ2n) is 7.11. The van der Waals surface area contributed by atoms with Gasteiger partial charge in [-0.1, -0.05) is 30.1 Å². The van der Waals surface area contributed by atoms with Crippen LogP contribution in [0.5, 0.6) is 0 Å². The van der Waals surface area contributed by atoms with Gasteiger partial charge in [-0.3, -0.25) is 19.4 Å². The molecule has 2 atom stereocenters. The van der Waals surface area contributed by atoms with E-state index in [1.807, 2.05) is 34.9 Å². The maximum absolute atomic E-state index is 13.0. The van der Waals surface area contributed by atoms with Crippen molar-refractivity contribution in [2.24, 2.45) is 16.6 Å². The Morgan fingerprint density at radius 2 is 2.00 bits per heavy atom. The predicted octanol–water partition coefficient (Wildman–Crippen LogP) is -0.329. The minimum atomic E-state index is -0.731. The molecule has 3 aliphatic rings. The summed E-state index contributed by atoms with van der Waals surface area (Å²) in [5, 5.41) is 0. The number of urea groups is 1. The Balaban J connectivity index is 1.78. The van der Waals surface area contributed by atoms with E-state index in [0.29, 0.717) is 18.3 Å². The number of benzene rings is 1. The number of nitrogens with zero attached hydrogens (tertiary/aromatic N) is 5. The average molecular weight is 369 g/mol. The SMILES string of the molecule is CC1CN(c2ccccc2)C2=[N+](C1)C1C(=O)N(CC(N)=O)C(=O)N(C)C1=N2. The van der Waals surface area contributed by atoms with E-state index in [1.54, 1.807) is 7.05 Å². The summed E-state index contributed by atoms with van der Waals surface area (Å²) < 4.78 is 1.91. The zero-order valence-electron chi connectivity index (χ0n) is 15.2. The van der Waals surface area contributed by atoms with E-state index >= 15 is 0 Å². The Kier molecular flexibility index (Phi) is 3.94. The molecule has 9 heteroatoms. The summed E-state index contributed by atoms with van der Waals surface area (Å²) in [6.07, 6.45) is 0. The summed E-state index contributed by atoms with van der Waals surface area (Å²) >= 11 is 0. The molecule has 0 aromatic heterocycles. The van der Waals surface area contributed by atoms with E-state index in [-0.39, 0.29) is 5.92 Å². The highest BCUT2D eigenvalue weighted by molar-refractivity contribution is 6.24. The molecule has 0 bridgehead atoms. The molecule has 1 saturated heterocycles. The fourth-order valence-corrected chi connectivity index (χ4v) is 3.83. The number of rotatable bonds is 3. The molecule has 4 rings (SSSR count). The molecule has 1 aromatic carbocycles. The van der Waals surface area contributed by atoms with Crippen molar-refractivity contribution in [1.82, 2.24) is 9.80 Å². The Labute approximate surface area is 156 Å². The van der Waals surface area contributed by atoms with Crippen LogP contribution in [0.25, 0.3) is 0 Å². The van der Waals surface area contributed by atoms with Gasteiger partial charge in [0.25, 0.3) is 5.91 Å². The summed E-state index contributed by atoms with van der Waals surface area (Å²) in [4.78, 5) is 45.8. The van der Waals surface area contributed by atoms with Gasteiger partial charge in [-0.05, 0) is 12.1 Å². The Hall–Kier alpha value is -3.23. The lowest BCUT2D eigenvalue weighted by atomic mass is 10.1. The first-order valence-corrected chi connectivity index (χ1v) is 8.80. The normalized spacial score (nSPS) is 24.8. The third-order valence-corrected chi connectivity index (χ3v) is 5.01. The Morgan fingerprint density at radius 1 is 1.30 bits per heavy atom. The molecule has 27 heavy (non-hydrogen) atoms. The van der Waals surface area contributed by atoms with Gasteiger partial charge in [0.15, 0.2) is 0 Å². The number of imide groups is 1. The first kappa shape index (κ1) is 17.2. The molecule has 4 amide bonds. The minimum absolute atomic E-state index is 0.281. The maximum atomic E-state index is 13.0. The smallest absolute Gasteiger partial charge is 0.368 e. The number of fused-ring (bicyclic) bond motifs is 2. The number of amidine groups is 1. The van der Waals surface area contributed by atoms with Crippen LogP contribution in [0.1, 0.15) is 6.92 Å². The molecule has 0 radical (unpaired) electrons. The summed E-state index contributed by atoms with van der Waals surface area (Å²) in [7, 11) is 1.56. The number of amides is 4. The first-order chi connectivity index (χ1) is 12.9. The molecule has 140 valence electrons. The van der Waals surface area contributed by atoms with Crippen LogP contribution in [0.15, 0.2) is 35.3 Å². The van der Waals surface area contributed by atoms with Gasteiger partial charge in [0.1, 0.15) is 12.2 Å². The second-order valence-corrected chi connectivity index (χ2v) is 7.11. The monoisotopic (exact) mass is 369 g/mol. The van der Waals surface area contributed by atoms with Crippen molar-refractivity contribution in [2.75, 3.05) is 31.6 Å². The minimum Gasteiger partial charge on any atom is -0.368 e. The number of guanidine groups is 1. The van der Waals surface area contributed by atoms with Crippen molar-refractivity contribution in [2.45, 2.75) is 13.0 Å². The number of nitrogens with two attached hydrogens (primary N) is 1. The van der Waals surface area contributed by atoms with Crippen LogP contribution in [-0.2, 0) is 9.59 Å². The Bertz CT molecular complexity index is 894. The van der Waals surface area contributed by atoms with Crippen molar-refractivity contribution in [3.05, 3.63) is 30.3 Å². The highest BCUT2D eigenvalue weighted by atomic mass is 16.2. The highest BCUT2D eigenvalue weighted by Gasteiger charge is 2.55. The third-order valence-electron chi connectivity index (χ3n) is 5.01. The quantitative estimate of drug-likeness (QED) is 0.737. The number of carbonyl (C=O) groups excluding carboxylic acids is 3. The summed E-state index contributed by atoms with van der Waals surface area (Å²) in [6.45, 7) is 3.06.